The number of nitrogens with one attached hydrogen (secondary N) is 1. The quantitative estimate of drug-likeness (QED) is 0.879. The van der Waals surface area contributed by atoms with Crippen LogP contribution in [0, 0.1) is 11.7 Å². The first-order chi connectivity index (χ1) is 10.6. The lowest BCUT2D eigenvalue weighted by atomic mass is 9.81. The summed E-state index contributed by atoms with van der Waals surface area (Å²) < 4.78 is 15.3. The minimum Gasteiger partial charge on any atom is -0.328 e. The molecule has 0 unspecified atom stereocenters. The molecule has 1 aromatic carbocycles. The Morgan fingerprint density at radius 1 is 1.36 bits per heavy atom. The van der Waals surface area contributed by atoms with Gasteiger partial charge in [-0.25, -0.2) is 9.07 Å². The first kappa shape index (κ1) is 13.2. The molecule has 5 nitrogen and oxygen atoms in total. The van der Waals surface area contributed by atoms with Gasteiger partial charge in [0.05, 0.1) is 0 Å². The molecule has 2 heterocycles. The molecule has 2 aromatic rings. The Bertz CT molecular complexity index is 795. The lowest BCUT2D eigenvalue weighted by Crippen LogP contribution is -2.33. The van der Waals surface area contributed by atoms with Crippen LogP contribution in [0.15, 0.2) is 41.9 Å². The number of halogens is 1. The van der Waals surface area contributed by atoms with Gasteiger partial charge < -0.3 is 5.32 Å². The lowest BCUT2D eigenvalue weighted by Gasteiger charge is -2.34. The van der Waals surface area contributed by atoms with E-state index >= 15 is 0 Å². The first-order valence-corrected chi connectivity index (χ1v) is 7.31. The van der Waals surface area contributed by atoms with Crippen LogP contribution < -0.4 is 5.32 Å². The third kappa shape index (κ3) is 1.94. The average molecular weight is 298 g/mol. The summed E-state index contributed by atoms with van der Waals surface area (Å²) in [4.78, 5) is 16.8. The first-order valence-electron chi connectivity index (χ1n) is 7.31. The number of allylic oxidation sites excluding steroid dienone is 2. The van der Waals surface area contributed by atoms with Crippen LogP contribution in [-0.4, -0.2) is 20.5 Å². The predicted molar refractivity (Wildman–Crippen MR) is 78.6 cm³/mol. The number of Topliss-reactive ketones (excluding diaryl/α,β-unsaturated/α-hetero) is 1. The number of benzene rings is 1. The molecule has 0 fully saturated rings. The minimum absolute atomic E-state index is 0.0941. The maximum atomic E-state index is 13.6. The summed E-state index contributed by atoms with van der Waals surface area (Å²) in [6.07, 6.45) is 2.75. The second-order valence-electron chi connectivity index (χ2n) is 5.94. The van der Waals surface area contributed by atoms with Gasteiger partial charge in [0.25, 0.3) is 0 Å². The highest BCUT2D eigenvalue weighted by molar-refractivity contribution is 5.99. The lowest BCUT2D eigenvalue weighted by molar-refractivity contribution is -0.117. The van der Waals surface area contributed by atoms with Crippen molar-refractivity contribution in [2.75, 3.05) is 5.32 Å². The number of fused-ring (bicyclic) bond motifs is 1. The number of ketones is 1. The number of aromatic nitrogens is 3. The molecule has 0 radical (unpaired) electrons. The Kier molecular flexibility index (Phi) is 2.85. The summed E-state index contributed by atoms with van der Waals surface area (Å²) in [5.41, 5.74) is 2.28. The fraction of sp³-hybridized carbons (Fsp3) is 0.312. The highest BCUT2D eigenvalue weighted by atomic mass is 19.1. The van der Waals surface area contributed by atoms with Crippen molar-refractivity contribution in [2.24, 2.45) is 5.92 Å². The van der Waals surface area contributed by atoms with E-state index in [2.05, 4.69) is 22.3 Å². The highest BCUT2D eigenvalue weighted by Gasteiger charge is 2.37. The Labute approximate surface area is 126 Å². The van der Waals surface area contributed by atoms with E-state index in [4.69, 9.17) is 0 Å². The number of carbonyl (C=O) groups is 1. The molecule has 2 atom stereocenters. The van der Waals surface area contributed by atoms with Crippen molar-refractivity contribution in [1.29, 1.82) is 0 Å². The second-order valence-corrected chi connectivity index (χ2v) is 5.94. The van der Waals surface area contributed by atoms with Crippen LogP contribution in [0.4, 0.5) is 10.3 Å². The van der Waals surface area contributed by atoms with Crippen molar-refractivity contribution in [3.05, 3.63) is 53.2 Å². The number of rotatable bonds is 1. The van der Waals surface area contributed by atoms with Crippen molar-refractivity contribution in [3.8, 4) is 0 Å². The van der Waals surface area contributed by atoms with Crippen molar-refractivity contribution in [3.63, 3.8) is 0 Å². The van der Waals surface area contributed by atoms with Gasteiger partial charge >= 0.3 is 0 Å². The van der Waals surface area contributed by atoms with Gasteiger partial charge in [-0.1, -0.05) is 19.1 Å². The smallest absolute Gasteiger partial charge is 0.226 e. The van der Waals surface area contributed by atoms with Crippen LogP contribution in [0.25, 0.3) is 0 Å². The van der Waals surface area contributed by atoms with E-state index in [-0.39, 0.29) is 11.6 Å². The monoisotopic (exact) mass is 298 g/mol. The second kappa shape index (κ2) is 4.76. The molecular weight excluding hydrogens is 283 g/mol. The van der Waals surface area contributed by atoms with Gasteiger partial charge in [-0.2, -0.15) is 10.1 Å². The number of nitrogens with zero attached hydrogens (tertiary/aromatic N) is 3. The summed E-state index contributed by atoms with van der Waals surface area (Å²) in [6.45, 7) is 2.06. The Balaban J connectivity index is 1.92. The maximum absolute atomic E-state index is 13.6. The maximum Gasteiger partial charge on any atom is 0.226 e. The van der Waals surface area contributed by atoms with E-state index in [0.29, 0.717) is 29.4 Å². The SMILES string of the molecule is C[C@H]1CC(=O)C2=C(C1)Nc1ncnn1[C@@H]2c1cccc(F)c1. The topological polar surface area (TPSA) is 59.8 Å². The van der Waals surface area contributed by atoms with Gasteiger partial charge in [-0.05, 0) is 30.0 Å². The number of hydrogen-bond acceptors (Lipinski definition) is 4. The molecule has 0 saturated heterocycles. The molecule has 2 aliphatic rings. The molecule has 22 heavy (non-hydrogen) atoms. The molecule has 1 N–H and O–H groups in total. The zero-order valence-electron chi connectivity index (χ0n) is 12.1. The standard InChI is InChI=1S/C16H15FN4O/c1-9-5-12-14(13(22)6-9)15(10-3-2-4-11(17)7-10)21-16(20-12)18-8-19-21/h2-4,7-9,15H,5-6H2,1H3,(H,18,19,20)/t9-,15-/m1/s1. The van der Waals surface area contributed by atoms with Crippen LogP contribution >= 0.6 is 0 Å². The zero-order valence-corrected chi connectivity index (χ0v) is 12.1. The van der Waals surface area contributed by atoms with E-state index in [1.165, 1.54) is 18.5 Å². The number of carbonyl (C=O) groups excluding carboxylic acids is 1. The Hall–Kier alpha value is -2.50. The van der Waals surface area contributed by atoms with Crippen molar-refractivity contribution in [2.45, 2.75) is 25.8 Å². The van der Waals surface area contributed by atoms with Gasteiger partial charge in [0.15, 0.2) is 5.78 Å². The zero-order chi connectivity index (χ0) is 15.3. The van der Waals surface area contributed by atoms with E-state index in [1.54, 1.807) is 10.7 Å². The van der Waals surface area contributed by atoms with Crippen molar-refractivity contribution >= 4 is 11.7 Å². The van der Waals surface area contributed by atoms with E-state index in [1.807, 2.05) is 6.07 Å². The van der Waals surface area contributed by atoms with E-state index in [9.17, 15) is 9.18 Å². The van der Waals surface area contributed by atoms with Gasteiger partial charge in [0, 0.05) is 17.7 Å². The van der Waals surface area contributed by atoms with Crippen molar-refractivity contribution < 1.29 is 9.18 Å². The Morgan fingerprint density at radius 3 is 3.05 bits per heavy atom. The fourth-order valence-corrected chi connectivity index (χ4v) is 3.33. The summed E-state index contributed by atoms with van der Waals surface area (Å²) in [7, 11) is 0. The molecule has 1 aliphatic heterocycles. The highest BCUT2D eigenvalue weighted by Crippen LogP contribution is 2.40. The van der Waals surface area contributed by atoms with Crippen LogP contribution in [0.3, 0.4) is 0 Å². The molecule has 0 saturated carbocycles. The third-order valence-electron chi connectivity index (χ3n) is 4.23. The molecule has 112 valence electrons. The van der Waals surface area contributed by atoms with Crippen LogP contribution in [0.1, 0.15) is 31.4 Å². The molecule has 6 heteroatoms. The van der Waals surface area contributed by atoms with Crippen LogP contribution in [0.5, 0.6) is 0 Å². The molecule has 1 aromatic heterocycles. The van der Waals surface area contributed by atoms with E-state index in [0.717, 1.165) is 12.1 Å². The molecule has 4 rings (SSSR count). The number of hydrogen-bond donors (Lipinski definition) is 1. The number of anilines is 1. The van der Waals surface area contributed by atoms with E-state index < -0.39 is 6.04 Å². The van der Waals surface area contributed by atoms with Crippen LogP contribution in [0.2, 0.25) is 0 Å². The molecule has 0 spiro atoms. The van der Waals surface area contributed by atoms with Gasteiger partial charge in [0.2, 0.25) is 5.95 Å². The van der Waals surface area contributed by atoms with Gasteiger partial charge in [0.1, 0.15) is 18.2 Å². The molecule has 0 bridgehead atoms. The molecular formula is C16H15FN4O. The summed E-state index contributed by atoms with van der Waals surface area (Å²) in [5.74, 6) is 0.657. The molecule has 1 aliphatic carbocycles. The summed E-state index contributed by atoms with van der Waals surface area (Å²) in [5, 5.41) is 7.43. The largest absolute Gasteiger partial charge is 0.328 e. The van der Waals surface area contributed by atoms with Gasteiger partial charge in [-0.15, -0.1) is 0 Å². The Morgan fingerprint density at radius 2 is 2.23 bits per heavy atom. The fourth-order valence-electron chi connectivity index (χ4n) is 3.33. The van der Waals surface area contributed by atoms with Crippen LogP contribution in [-0.2, 0) is 4.79 Å². The predicted octanol–water partition coefficient (Wildman–Crippen LogP) is 2.69. The minimum atomic E-state index is -0.413. The van der Waals surface area contributed by atoms with Gasteiger partial charge in [-0.3, -0.25) is 4.79 Å². The van der Waals surface area contributed by atoms with Crippen molar-refractivity contribution in [1.82, 2.24) is 14.8 Å². The molecule has 0 amide bonds. The summed E-state index contributed by atoms with van der Waals surface area (Å²) >= 11 is 0. The average Bonchev–Trinajstić information content (AvgIpc) is 2.92. The third-order valence-corrected chi connectivity index (χ3v) is 4.23. The normalized spacial score (nSPS) is 23.8. The summed E-state index contributed by atoms with van der Waals surface area (Å²) in [6, 6.07) is 5.91.